The van der Waals surface area contributed by atoms with E-state index in [0.717, 1.165) is 36.1 Å². The average Bonchev–Trinajstić information content (AvgIpc) is 3.43. The van der Waals surface area contributed by atoms with Crippen LogP contribution in [0.4, 0.5) is 18.9 Å². The summed E-state index contributed by atoms with van der Waals surface area (Å²) in [7, 11) is 0. The number of fused-ring (bicyclic) bond motifs is 8. The van der Waals surface area contributed by atoms with Crippen LogP contribution >= 0.6 is 0 Å². The van der Waals surface area contributed by atoms with Crippen LogP contribution in [0, 0.1) is 17.8 Å². The Morgan fingerprint density at radius 1 is 1.11 bits per heavy atom. The van der Waals surface area contributed by atoms with E-state index in [-0.39, 0.29) is 23.3 Å². The van der Waals surface area contributed by atoms with Crippen molar-refractivity contribution >= 4 is 11.6 Å². The Hall–Kier alpha value is -2.51. The molecule has 3 heterocycles. The second kappa shape index (κ2) is 5.30. The van der Waals surface area contributed by atoms with Crippen molar-refractivity contribution in [1.29, 1.82) is 0 Å². The maximum absolute atomic E-state index is 13.5. The second-order valence-corrected chi connectivity index (χ2v) is 8.54. The Kier molecular flexibility index (Phi) is 3.11. The van der Waals surface area contributed by atoms with E-state index in [1.54, 1.807) is 0 Å². The third kappa shape index (κ3) is 2.08. The average molecular weight is 388 g/mol. The Balaban J connectivity index is 1.51. The summed E-state index contributed by atoms with van der Waals surface area (Å²) in [6.07, 6.45) is 0.0837. The van der Waals surface area contributed by atoms with Crippen molar-refractivity contribution < 1.29 is 18.0 Å². The number of nitrogens with zero attached hydrogens (tertiary/aromatic N) is 1. The molecule has 5 atom stereocenters. The maximum Gasteiger partial charge on any atom is 0.433 e. The fourth-order valence-corrected chi connectivity index (χ4v) is 6.27. The topological polar surface area (TPSA) is 69.8 Å². The van der Waals surface area contributed by atoms with Gasteiger partial charge in [-0.15, -0.1) is 0 Å². The van der Waals surface area contributed by atoms with Gasteiger partial charge in [0.1, 0.15) is 5.69 Å². The standard InChI is InChI=1S/C20H19F3N4O/c21-20(22,23)18-13(7-25-27-18)17-16-9-2-1-8(3-9)15(16)12-5-11-10(4-14(12)26-17)6-24-19(11)28/h4-5,7-9,15-17,26H,1-3,6H2,(H,24,28)(H,25,27)/t8-,9+,15-,16-,17+/m0/s1. The molecule has 1 amide bonds. The minimum Gasteiger partial charge on any atom is -0.378 e. The number of rotatable bonds is 1. The first kappa shape index (κ1) is 16.4. The summed E-state index contributed by atoms with van der Waals surface area (Å²) in [5.41, 5.74) is 3.02. The molecule has 0 saturated heterocycles. The second-order valence-electron chi connectivity index (χ2n) is 8.54. The molecule has 2 aliphatic carbocycles. The summed E-state index contributed by atoms with van der Waals surface area (Å²) < 4.78 is 40.6. The lowest BCUT2D eigenvalue weighted by molar-refractivity contribution is -0.142. The predicted molar refractivity (Wildman–Crippen MR) is 94.6 cm³/mol. The van der Waals surface area contributed by atoms with Gasteiger partial charge in [-0.2, -0.15) is 18.3 Å². The molecule has 28 heavy (non-hydrogen) atoms. The van der Waals surface area contributed by atoms with Crippen LogP contribution in [0.15, 0.2) is 18.3 Å². The van der Waals surface area contributed by atoms with Crippen molar-refractivity contribution in [3.63, 3.8) is 0 Å². The van der Waals surface area contributed by atoms with Gasteiger partial charge in [-0.25, -0.2) is 0 Å². The zero-order valence-corrected chi connectivity index (χ0v) is 14.9. The van der Waals surface area contributed by atoms with Crippen molar-refractivity contribution in [3.05, 3.63) is 46.3 Å². The number of aromatic nitrogens is 2. The number of anilines is 1. The lowest BCUT2D eigenvalue weighted by atomic mass is 9.67. The van der Waals surface area contributed by atoms with Gasteiger partial charge in [0.15, 0.2) is 0 Å². The van der Waals surface area contributed by atoms with E-state index in [2.05, 4.69) is 20.8 Å². The lowest BCUT2D eigenvalue weighted by Gasteiger charge is -2.43. The maximum atomic E-state index is 13.5. The van der Waals surface area contributed by atoms with Crippen LogP contribution in [0.3, 0.4) is 0 Å². The molecule has 3 N–H and O–H groups in total. The number of halogens is 3. The van der Waals surface area contributed by atoms with Crippen molar-refractivity contribution in [2.24, 2.45) is 17.8 Å². The molecule has 2 aliphatic heterocycles. The normalized spacial score (nSPS) is 32.5. The van der Waals surface area contributed by atoms with Crippen molar-refractivity contribution in [2.45, 2.75) is 43.9 Å². The number of H-pyrrole nitrogens is 1. The minimum absolute atomic E-state index is 0.0613. The molecule has 0 spiro atoms. The lowest BCUT2D eigenvalue weighted by Crippen LogP contribution is -2.36. The SMILES string of the molecule is O=C1NCc2cc3c(cc21)[C@@H]1[C@H]2CC[C@H](C2)[C@@H]1[C@@H](c1cn[nH]c1C(F)(F)F)N3. The molecule has 0 radical (unpaired) electrons. The largest absolute Gasteiger partial charge is 0.433 e. The molecule has 2 fully saturated rings. The highest BCUT2D eigenvalue weighted by Crippen LogP contribution is 2.64. The molecule has 2 aromatic rings. The number of nitrogens with one attached hydrogen (secondary N) is 3. The first-order chi connectivity index (χ1) is 13.4. The van der Waals surface area contributed by atoms with E-state index in [0.29, 0.717) is 23.9 Å². The molecule has 5 nitrogen and oxygen atoms in total. The van der Waals surface area contributed by atoms with E-state index in [1.165, 1.54) is 6.20 Å². The molecule has 2 bridgehead atoms. The molecule has 8 heteroatoms. The van der Waals surface area contributed by atoms with Gasteiger partial charge < -0.3 is 10.6 Å². The number of hydrogen-bond acceptors (Lipinski definition) is 3. The van der Waals surface area contributed by atoms with E-state index < -0.39 is 17.9 Å². The summed E-state index contributed by atoms with van der Waals surface area (Å²) >= 11 is 0. The Labute approximate surface area is 159 Å². The summed E-state index contributed by atoms with van der Waals surface area (Å²) in [4.78, 5) is 12.1. The third-order valence-corrected chi connectivity index (χ3v) is 7.28. The van der Waals surface area contributed by atoms with Crippen LogP contribution in [-0.2, 0) is 12.7 Å². The van der Waals surface area contributed by atoms with E-state index >= 15 is 0 Å². The molecule has 146 valence electrons. The highest BCUT2D eigenvalue weighted by molar-refractivity contribution is 5.99. The van der Waals surface area contributed by atoms with Gasteiger partial charge in [-0.05, 0) is 66.2 Å². The first-order valence-corrected chi connectivity index (χ1v) is 9.74. The monoisotopic (exact) mass is 388 g/mol. The van der Waals surface area contributed by atoms with E-state index in [4.69, 9.17) is 0 Å². The van der Waals surface area contributed by atoms with Gasteiger partial charge in [0.05, 0.1) is 12.2 Å². The molecule has 1 aromatic carbocycles. The molecule has 6 rings (SSSR count). The van der Waals surface area contributed by atoms with Crippen LogP contribution in [0.2, 0.25) is 0 Å². The summed E-state index contributed by atoms with van der Waals surface area (Å²) in [6, 6.07) is 3.51. The molecule has 4 aliphatic rings. The van der Waals surface area contributed by atoms with E-state index in [1.807, 2.05) is 12.1 Å². The van der Waals surface area contributed by atoms with Gasteiger partial charge in [-0.3, -0.25) is 9.89 Å². The van der Waals surface area contributed by atoms with Gasteiger partial charge in [0.25, 0.3) is 5.91 Å². The predicted octanol–water partition coefficient (Wildman–Crippen LogP) is 3.97. The number of amides is 1. The molecule has 1 aromatic heterocycles. The number of carbonyl (C=O) groups is 1. The number of hydrogen-bond donors (Lipinski definition) is 3. The Morgan fingerprint density at radius 3 is 2.75 bits per heavy atom. The minimum atomic E-state index is -4.46. The zero-order chi connectivity index (χ0) is 19.2. The summed E-state index contributed by atoms with van der Waals surface area (Å²) in [6.45, 7) is 0.466. The fraction of sp³-hybridized carbons (Fsp3) is 0.500. The van der Waals surface area contributed by atoms with Crippen LogP contribution in [0.1, 0.15) is 64.0 Å². The van der Waals surface area contributed by atoms with Gasteiger partial charge in [0.2, 0.25) is 0 Å². The smallest absolute Gasteiger partial charge is 0.378 e. The van der Waals surface area contributed by atoms with Gasteiger partial charge >= 0.3 is 6.18 Å². The quantitative estimate of drug-likeness (QED) is 0.692. The molecular formula is C20H19F3N4O. The van der Waals surface area contributed by atoms with Gasteiger partial charge in [-0.1, -0.05) is 0 Å². The number of carbonyl (C=O) groups excluding carboxylic acids is 1. The van der Waals surface area contributed by atoms with Crippen LogP contribution in [0.25, 0.3) is 0 Å². The number of benzene rings is 1. The van der Waals surface area contributed by atoms with Crippen molar-refractivity contribution in [3.8, 4) is 0 Å². The first-order valence-electron chi connectivity index (χ1n) is 9.74. The molecular weight excluding hydrogens is 369 g/mol. The van der Waals surface area contributed by atoms with Gasteiger partial charge in [0, 0.05) is 23.4 Å². The number of alkyl halides is 3. The van der Waals surface area contributed by atoms with Crippen LogP contribution in [-0.4, -0.2) is 16.1 Å². The highest BCUT2D eigenvalue weighted by atomic mass is 19.4. The highest BCUT2D eigenvalue weighted by Gasteiger charge is 2.55. The van der Waals surface area contributed by atoms with Crippen molar-refractivity contribution in [2.75, 3.05) is 5.32 Å². The van der Waals surface area contributed by atoms with Crippen LogP contribution in [0.5, 0.6) is 0 Å². The Morgan fingerprint density at radius 2 is 1.93 bits per heavy atom. The zero-order valence-electron chi connectivity index (χ0n) is 14.9. The van der Waals surface area contributed by atoms with Crippen LogP contribution < -0.4 is 10.6 Å². The fourth-order valence-electron chi connectivity index (χ4n) is 6.27. The van der Waals surface area contributed by atoms with Crippen molar-refractivity contribution in [1.82, 2.24) is 15.5 Å². The molecule has 2 saturated carbocycles. The number of aromatic amines is 1. The summed E-state index contributed by atoms with van der Waals surface area (Å²) in [5.74, 6) is 1.09. The van der Waals surface area contributed by atoms with E-state index in [9.17, 15) is 18.0 Å². The Bertz CT molecular complexity index is 998. The summed E-state index contributed by atoms with van der Waals surface area (Å²) in [5, 5.41) is 12.1. The molecule has 0 unspecified atom stereocenters. The third-order valence-electron chi connectivity index (χ3n) is 7.28.